The van der Waals surface area contributed by atoms with Gasteiger partial charge in [0.05, 0.1) is 4.90 Å². The lowest BCUT2D eigenvalue weighted by molar-refractivity contribution is 0.358. The Morgan fingerprint density at radius 2 is 1.41 bits per heavy atom. The number of sulfone groups is 1. The van der Waals surface area contributed by atoms with Crippen molar-refractivity contribution in [3.05, 3.63) is 24.3 Å². The van der Waals surface area contributed by atoms with Crippen LogP contribution in [0.1, 0.15) is 52.4 Å². The zero-order valence-electron chi connectivity index (χ0n) is 13.8. The normalized spacial score (nSPS) is 11.6. The molecule has 0 aliphatic heterocycles. The molecule has 0 aliphatic rings. The van der Waals surface area contributed by atoms with Gasteiger partial charge in [0, 0.05) is 18.8 Å². The Balaban J connectivity index is 2.79. The minimum absolute atomic E-state index is 0.181. The van der Waals surface area contributed by atoms with Crippen molar-refractivity contribution in [3.8, 4) is 0 Å². The highest BCUT2D eigenvalue weighted by atomic mass is 32.2. The van der Waals surface area contributed by atoms with Crippen molar-refractivity contribution in [2.24, 2.45) is 0 Å². The van der Waals surface area contributed by atoms with Gasteiger partial charge in [0.2, 0.25) is 9.84 Å². The number of benzene rings is 1. The largest absolute Gasteiger partial charge is 0.380 e. The minimum Gasteiger partial charge on any atom is -0.380 e. The number of anilines is 1. The lowest BCUT2D eigenvalue weighted by Gasteiger charge is -2.25. The van der Waals surface area contributed by atoms with E-state index in [1.807, 2.05) is 12.1 Å². The molecule has 22 heavy (non-hydrogen) atoms. The number of hydrogen-bond donors (Lipinski definition) is 1. The van der Waals surface area contributed by atoms with E-state index in [4.69, 9.17) is 5.11 Å². The highest BCUT2D eigenvalue weighted by Crippen LogP contribution is 2.20. The third-order valence-corrected chi connectivity index (χ3v) is 5.12. The lowest BCUT2D eigenvalue weighted by atomic mass is 10.2. The summed E-state index contributed by atoms with van der Waals surface area (Å²) in [6, 6.07) is 6.88. The minimum atomic E-state index is -3.55. The fourth-order valence-corrected chi connectivity index (χ4v) is 3.11. The van der Waals surface area contributed by atoms with Crippen molar-refractivity contribution < 1.29 is 13.5 Å². The van der Waals surface area contributed by atoms with Gasteiger partial charge < -0.3 is 10.0 Å². The van der Waals surface area contributed by atoms with Crippen LogP contribution >= 0.6 is 0 Å². The molecule has 126 valence electrons. The summed E-state index contributed by atoms with van der Waals surface area (Å²) in [7, 11) is -3.55. The molecule has 1 aromatic carbocycles. The van der Waals surface area contributed by atoms with E-state index in [-0.39, 0.29) is 4.90 Å². The molecule has 0 fully saturated rings. The molecule has 1 N–H and O–H groups in total. The number of aliphatic hydroxyl groups excluding tert-OH is 1. The molecule has 0 aromatic heterocycles. The van der Waals surface area contributed by atoms with Gasteiger partial charge in [-0.05, 0) is 37.1 Å². The smallest absolute Gasteiger partial charge is 0.202 e. The summed E-state index contributed by atoms with van der Waals surface area (Å²) in [6.07, 6.45) is 7.11. The van der Waals surface area contributed by atoms with Crippen LogP contribution in [0.2, 0.25) is 0 Å². The van der Waals surface area contributed by atoms with Crippen molar-refractivity contribution in [1.82, 2.24) is 0 Å². The third-order valence-electron chi connectivity index (χ3n) is 3.79. The molecule has 4 nitrogen and oxygen atoms in total. The van der Waals surface area contributed by atoms with E-state index in [1.165, 1.54) is 25.7 Å². The number of hydrogen-bond acceptors (Lipinski definition) is 4. The predicted octanol–water partition coefficient (Wildman–Crippen LogP) is 3.60. The number of nitrogens with zero attached hydrogens (tertiary/aromatic N) is 1. The first-order valence-electron chi connectivity index (χ1n) is 8.23. The van der Waals surface area contributed by atoms with E-state index in [9.17, 15) is 8.42 Å². The fourth-order valence-electron chi connectivity index (χ4n) is 2.41. The van der Waals surface area contributed by atoms with Crippen molar-refractivity contribution in [2.45, 2.75) is 57.3 Å². The summed E-state index contributed by atoms with van der Waals surface area (Å²) in [5.74, 6) is -0.844. The Labute approximate surface area is 135 Å². The fraction of sp³-hybridized carbons (Fsp3) is 0.647. The van der Waals surface area contributed by atoms with Crippen LogP contribution in [-0.2, 0) is 9.84 Å². The van der Waals surface area contributed by atoms with E-state index in [2.05, 4.69) is 18.7 Å². The van der Waals surface area contributed by atoms with Gasteiger partial charge in [0.25, 0.3) is 0 Å². The summed E-state index contributed by atoms with van der Waals surface area (Å²) in [5, 5.41) is 8.91. The van der Waals surface area contributed by atoms with Gasteiger partial charge in [-0.3, -0.25) is 0 Å². The van der Waals surface area contributed by atoms with Crippen LogP contribution in [0.3, 0.4) is 0 Å². The van der Waals surface area contributed by atoms with Crippen LogP contribution in [0.25, 0.3) is 0 Å². The average molecular weight is 327 g/mol. The van der Waals surface area contributed by atoms with Crippen LogP contribution in [0, 0.1) is 0 Å². The molecule has 0 radical (unpaired) electrons. The highest BCUT2D eigenvalue weighted by Gasteiger charge is 2.13. The van der Waals surface area contributed by atoms with Crippen molar-refractivity contribution in [3.63, 3.8) is 0 Å². The van der Waals surface area contributed by atoms with Gasteiger partial charge in [-0.1, -0.05) is 39.5 Å². The summed E-state index contributed by atoms with van der Waals surface area (Å²) in [6.45, 7) is 6.39. The molecule has 1 rings (SSSR count). The van der Waals surface area contributed by atoms with E-state index in [1.54, 1.807) is 12.1 Å². The number of rotatable bonds is 11. The Bertz CT molecular complexity index is 501. The van der Waals surface area contributed by atoms with Crippen LogP contribution in [0.4, 0.5) is 5.69 Å². The SMILES string of the molecule is CCCCCN(CCCCC)c1ccc(S(=O)(=O)CO)cc1. The zero-order chi connectivity index (χ0) is 16.4. The Morgan fingerprint density at radius 1 is 0.909 bits per heavy atom. The van der Waals surface area contributed by atoms with Crippen molar-refractivity contribution >= 4 is 15.5 Å². The molecule has 0 unspecified atom stereocenters. The monoisotopic (exact) mass is 327 g/mol. The van der Waals surface area contributed by atoms with Crippen LogP contribution in [-0.4, -0.2) is 32.6 Å². The second-order valence-corrected chi connectivity index (χ2v) is 7.60. The number of aliphatic hydroxyl groups is 1. The second-order valence-electron chi connectivity index (χ2n) is 5.64. The molecule has 0 atom stereocenters. The summed E-state index contributed by atoms with van der Waals surface area (Å²) in [5.41, 5.74) is 1.06. The zero-order valence-corrected chi connectivity index (χ0v) is 14.6. The molecule has 1 aromatic rings. The molecule has 0 aliphatic carbocycles. The van der Waals surface area contributed by atoms with Gasteiger partial charge in [0.1, 0.15) is 5.94 Å². The van der Waals surface area contributed by atoms with Crippen LogP contribution < -0.4 is 4.90 Å². The van der Waals surface area contributed by atoms with Gasteiger partial charge in [-0.2, -0.15) is 0 Å². The van der Waals surface area contributed by atoms with Gasteiger partial charge in [0.15, 0.2) is 0 Å². The molecule has 5 heteroatoms. The van der Waals surface area contributed by atoms with Gasteiger partial charge >= 0.3 is 0 Å². The van der Waals surface area contributed by atoms with E-state index in [0.29, 0.717) is 0 Å². The first-order chi connectivity index (χ1) is 10.5. The van der Waals surface area contributed by atoms with Gasteiger partial charge in [-0.25, -0.2) is 8.42 Å². The van der Waals surface area contributed by atoms with Crippen molar-refractivity contribution in [1.29, 1.82) is 0 Å². The Morgan fingerprint density at radius 3 is 1.82 bits per heavy atom. The highest BCUT2D eigenvalue weighted by molar-refractivity contribution is 7.91. The average Bonchev–Trinajstić information content (AvgIpc) is 2.54. The number of unbranched alkanes of at least 4 members (excludes halogenated alkanes) is 4. The lowest BCUT2D eigenvalue weighted by Crippen LogP contribution is -2.25. The molecular weight excluding hydrogens is 298 g/mol. The van der Waals surface area contributed by atoms with Gasteiger partial charge in [-0.15, -0.1) is 0 Å². The molecule has 0 saturated heterocycles. The first kappa shape index (κ1) is 19.0. The predicted molar refractivity (Wildman–Crippen MR) is 92.0 cm³/mol. The standard InChI is InChI=1S/C17H29NO3S/c1-3-5-7-13-18(14-8-6-4-2)16-9-11-17(12-10-16)22(20,21)15-19/h9-12,19H,3-8,13-15H2,1-2H3. The summed E-state index contributed by atoms with van der Waals surface area (Å²) < 4.78 is 23.3. The topological polar surface area (TPSA) is 57.6 Å². The molecule has 0 saturated carbocycles. The quantitative estimate of drug-likeness (QED) is 0.631. The maximum Gasteiger partial charge on any atom is 0.202 e. The van der Waals surface area contributed by atoms with E-state index in [0.717, 1.165) is 31.6 Å². The Kier molecular flexibility index (Phi) is 8.49. The third kappa shape index (κ3) is 5.97. The molecule has 0 amide bonds. The maximum atomic E-state index is 11.6. The summed E-state index contributed by atoms with van der Waals surface area (Å²) >= 11 is 0. The van der Waals surface area contributed by atoms with Crippen LogP contribution in [0.5, 0.6) is 0 Å². The Hall–Kier alpha value is -1.07. The molecule has 0 bridgehead atoms. The second kappa shape index (κ2) is 9.85. The van der Waals surface area contributed by atoms with Crippen molar-refractivity contribution in [2.75, 3.05) is 23.9 Å². The first-order valence-corrected chi connectivity index (χ1v) is 9.89. The molecule has 0 spiro atoms. The van der Waals surface area contributed by atoms with Crippen LogP contribution in [0.15, 0.2) is 29.2 Å². The van der Waals surface area contributed by atoms with E-state index >= 15 is 0 Å². The summed E-state index contributed by atoms with van der Waals surface area (Å²) in [4.78, 5) is 2.52. The van der Waals surface area contributed by atoms with E-state index < -0.39 is 15.8 Å². The molecular formula is C17H29NO3S. The maximum absolute atomic E-state index is 11.6. The molecule has 0 heterocycles.